The van der Waals surface area contributed by atoms with Crippen LogP contribution in [0, 0.1) is 6.92 Å². The lowest BCUT2D eigenvalue weighted by atomic mass is 10.1. The van der Waals surface area contributed by atoms with E-state index in [1.807, 2.05) is 0 Å². The molecule has 2 aromatic carbocycles. The number of carbonyl (C=O) groups excluding carboxylic acids is 1. The third kappa shape index (κ3) is 6.09. The molecule has 0 heterocycles. The number of alkyl halides is 6. The fourth-order valence-electron chi connectivity index (χ4n) is 2.36. The summed E-state index contributed by atoms with van der Waals surface area (Å²) in [5.41, 5.74) is 5.02. The van der Waals surface area contributed by atoms with Gasteiger partial charge in [0.15, 0.2) is 11.5 Å². The Kier molecular flexibility index (Phi) is 6.04. The smallest absolute Gasteiger partial charge is 0.493 e. The van der Waals surface area contributed by atoms with Crippen LogP contribution < -0.4 is 24.7 Å². The summed E-state index contributed by atoms with van der Waals surface area (Å²) < 4.78 is 92.4. The van der Waals surface area contributed by atoms with Gasteiger partial charge in [-0.25, -0.2) is 0 Å². The van der Waals surface area contributed by atoms with E-state index in [0.717, 1.165) is 37.4 Å². The standard InChI is InChI=1S/C17H13F6NO5/c1-8-5-10(29-17(21,22)23)7-13(14(8)15(24)25)27-11-4-3-9(6-12(11)26-2)28-16(18,19)20/h3-7H,1-2H3,(H2,24,25). The Morgan fingerprint density at radius 3 is 1.93 bits per heavy atom. The minimum absolute atomic E-state index is 0.0187. The van der Waals surface area contributed by atoms with E-state index >= 15 is 0 Å². The molecule has 2 aromatic rings. The number of aryl methyl sites for hydroxylation is 1. The zero-order valence-electron chi connectivity index (χ0n) is 14.8. The number of methoxy groups -OCH3 is 1. The number of hydrogen-bond donors (Lipinski definition) is 1. The van der Waals surface area contributed by atoms with Crippen molar-refractivity contribution in [2.24, 2.45) is 5.73 Å². The summed E-state index contributed by atoms with van der Waals surface area (Å²) in [4.78, 5) is 11.7. The highest BCUT2D eigenvalue weighted by atomic mass is 19.4. The Bertz CT molecular complexity index is 910. The van der Waals surface area contributed by atoms with Crippen molar-refractivity contribution in [2.45, 2.75) is 19.6 Å². The monoisotopic (exact) mass is 425 g/mol. The SMILES string of the molecule is COc1cc(OC(F)(F)F)ccc1Oc1cc(OC(F)(F)F)cc(C)c1C(N)=O. The first-order chi connectivity index (χ1) is 13.3. The predicted octanol–water partition coefficient (Wildman–Crippen LogP) is 4.69. The predicted molar refractivity (Wildman–Crippen MR) is 86.1 cm³/mol. The Morgan fingerprint density at radius 2 is 1.41 bits per heavy atom. The lowest BCUT2D eigenvalue weighted by Gasteiger charge is -2.17. The molecule has 2 rings (SSSR count). The highest BCUT2D eigenvalue weighted by Crippen LogP contribution is 2.39. The highest BCUT2D eigenvalue weighted by Gasteiger charge is 2.33. The number of primary amides is 1. The van der Waals surface area contributed by atoms with E-state index in [2.05, 4.69) is 9.47 Å². The number of rotatable bonds is 6. The van der Waals surface area contributed by atoms with Crippen molar-refractivity contribution in [3.05, 3.63) is 41.5 Å². The number of halogens is 6. The van der Waals surface area contributed by atoms with E-state index in [1.165, 1.54) is 6.92 Å². The van der Waals surface area contributed by atoms with Gasteiger partial charge in [0, 0.05) is 12.1 Å². The van der Waals surface area contributed by atoms with Crippen LogP contribution in [0.15, 0.2) is 30.3 Å². The van der Waals surface area contributed by atoms with Crippen LogP contribution in [0.4, 0.5) is 26.3 Å². The van der Waals surface area contributed by atoms with Crippen molar-refractivity contribution in [1.82, 2.24) is 0 Å². The van der Waals surface area contributed by atoms with Crippen molar-refractivity contribution >= 4 is 5.91 Å². The number of nitrogens with two attached hydrogens (primary N) is 1. The second-order valence-corrected chi connectivity index (χ2v) is 5.49. The Balaban J connectivity index is 2.47. The van der Waals surface area contributed by atoms with Gasteiger partial charge >= 0.3 is 12.7 Å². The molecule has 0 unspecified atom stereocenters. The first-order valence-corrected chi connectivity index (χ1v) is 7.61. The van der Waals surface area contributed by atoms with Gasteiger partial charge < -0.3 is 24.7 Å². The topological polar surface area (TPSA) is 80.0 Å². The third-order valence-electron chi connectivity index (χ3n) is 3.34. The molecule has 0 aliphatic rings. The quantitative estimate of drug-likeness (QED) is 0.680. The molecule has 0 aromatic heterocycles. The van der Waals surface area contributed by atoms with E-state index in [4.69, 9.17) is 15.2 Å². The van der Waals surface area contributed by atoms with E-state index < -0.39 is 35.9 Å². The molecule has 1 amide bonds. The first kappa shape index (κ1) is 22.0. The van der Waals surface area contributed by atoms with E-state index in [0.29, 0.717) is 0 Å². The zero-order valence-corrected chi connectivity index (χ0v) is 14.8. The molecule has 0 saturated carbocycles. The molecule has 0 aliphatic carbocycles. The third-order valence-corrected chi connectivity index (χ3v) is 3.34. The fraction of sp³-hybridized carbons (Fsp3) is 0.235. The number of amides is 1. The Morgan fingerprint density at radius 1 is 0.862 bits per heavy atom. The molecule has 29 heavy (non-hydrogen) atoms. The zero-order chi connectivity index (χ0) is 22.0. The number of hydrogen-bond acceptors (Lipinski definition) is 5. The van der Waals surface area contributed by atoms with Crippen LogP contribution in [0.5, 0.6) is 28.7 Å². The van der Waals surface area contributed by atoms with Gasteiger partial charge in [0.1, 0.15) is 17.2 Å². The molecular formula is C17H13F6NO5. The Hall–Kier alpha value is -3.31. The van der Waals surface area contributed by atoms with Gasteiger partial charge in [-0.2, -0.15) is 0 Å². The van der Waals surface area contributed by atoms with Crippen LogP contribution in [-0.4, -0.2) is 25.7 Å². The maximum Gasteiger partial charge on any atom is 0.573 e. The number of benzene rings is 2. The maximum absolute atomic E-state index is 12.5. The van der Waals surface area contributed by atoms with Gasteiger partial charge in [-0.05, 0) is 30.7 Å². The van der Waals surface area contributed by atoms with Gasteiger partial charge in [-0.1, -0.05) is 0 Å². The normalized spacial score (nSPS) is 11.7. The van der Waals surface area contributed by atoms with Crippen LogP contribution >= 0.6 is 0 Å². The molecular weight excluding hydrogens is 412 g/mol. The van der Waals surface area contributed by atoms with E-state index in [1.54, 1.807) is 0 Å². The average Bonchev–Trinajstić information content (AvgIpc) is 2.52. The van der Waals surface area contributed by atoms with Crippen LogP contribution in [0.2, 0.25) is 0 Å². The summed E-state index contributed by atoms with van der Waals surface area (Å²) in [6, 6.07) is 4.43. The van der Waals surface area contributed by atoms with E-state index in [9.17, 15) is 31.1 Å². The minimum atomic E-state index is -5.01. The molecule has 0 saturated heterocycles. The van der Waals surface area contributed by atoms with Gasteiger partial charge in [0.25, 0.3) is 5.91 Å². The summed E-state index contributed by atoms with van der Waals surface area (Å²) in [6.07, 6.45) is -9.96. The summed E-state index contributed by atoms with van der Waals surface area (Å²) in [6.45, 7) is 1.30. The number of ether oxygens (including phenoxy) is 4. The van der Waals surface area contributed by atoms with Crippen molar-refractivity contribution in [2.75, 3.05) is 7.11 Å². The highest BCUT2D eigenvalue weighted by molar-refractivity contribution is 5.97. The molecule has 2 N–H and O–H groups in total. The van der Waals surface area contributed by atoms with Crippen LogP contribution in [0.25, 0.3) is 0 Å². The molecule has 12 heteroatoms. The molecule has 6 nitrogen and oxygen atoms in total. The number of carbonyl (C=O) groups is 1. The van der Waals surface area contributed by atoms with Crippen LogP contribution in [0.1, 0.15) is 15.9 Å². The molecule has 0 aliphatic heterocycles. The van der Waals surface area contributed by atoms with Gasteiger partial charge in [0.2, 0.25) is 0 Å². The van der Waals surface area contributed by atoms with Gasteiger partial charge in [0.05, 0.1) is 12.7 Å². The molecule has 0 radical (unpaired) electrons. The Labute approximate surface area is 159 Å². The summed E-state index contributed by atoms with van der Waals surface area (Å²) in [7, 11) is 1.11. The second-order valence-electron chi connectivity index (χ2n) is 5.49. The van der Waals surface area contributed by atoms with Crippen LogP contribution in [-0.2, 0) is 0 Å². The lowest BCUT2D eigenvalue weighted by Crippen LogP contribution is -2.18. The lowest BCUT2D eigenvalue weighted by molar-refractivity contribution is -0.275. The van der Waals surface area contributed by atoms with Crippen molar-refractivity contribution in [3.63, 3.8) is 0 Å². The average molecular weight is 425 g/mol. The van der Waals surface area contributed by atoms with Gasteiger partial charge in [-0.3, -0.25) is 4.79 Å². The molecule has 158 valence electrons. The summed E-state index contributed by atoms with van der Waals surface area (Å²) >= 11 is 0. The van der Waals surface area contributed by atoms with Crippen molar-refractivity contribution in [3.8, 4) is 28.7 Å². The minimum Gasteiger partial charge on any atom is -0.493 e. The molecule has 0 fully saturated rings. The van der Waals surface area contributed by atoms with Gasteiger partial charge in [-0.15, -0.1) is 26.3 Å². The van der Waals surface area contributed by atoms with Crippen LogP contribution in [0.3, 0.4) is 0 Å². The first-order valence-electron chi connectivity index (χ1n) is 7.61. The summed E-state index contributed by atoms with van der Waals surface area (Å²) in [5, 5.41) is 0. The molecule has 0 bridgehead atoms. The fourth-order valence-corrected chi connectivity index (χ4v) is 2.36. The van der Waals surface area contributed by atoms with E-state index in [-0.39, 0.29) is 22.6 Å². The second kappa shape index (κ2) is 7.97. The molecule has 0 spiro atoms. The van der Waals surface area contributed by atoms with Crippen molar-refractivity contribution < 1.29 is 50.1 Å². The van der Waals surface area contributed by atoms with Crippen molar-refractivity contribution in [1.29, 1.82) is 0 Å². The maximum atomic E-state index is 12.5. The summed E-state index contributed by atoms with van der Waals surface area (Å²) in [5.74, 6) is -3.20. The largest absolute Gasteiger partial charge is 0.573 e. The molecule has 0 atom stereocenters.